The Bertz CT molecular complexity index is 946. The third-order valence-electron chi connectivity index (χ3n) is 5.06. The molecule has 3 nitrogen and oxygen atoms in total. The van der Waals surface area contributed by atoms with E-state index in [1.54, 1.807) is 0 Å². The molecule has 0 radical (unpaired) electrons. The fraction of sp³-hybridized carbons (Fsp3) is 0.462. The molecule has 1 aromatic heterocycles. The lowest BCUT2D eigenvalue weighted by atomic mass is 9.87. The number of hydrogen-bond donors (Lipinski definition) is 0. The first kappa shape index (κ1) is 24.1. The number of anilines is 1. The molecule has 0 N–H and O–H groups in total. The molecule has 0 aliphatic carbocycles. The lowest BCUT2D eigenvalue weighted by Crippen LogP contribution is -3.00. The molecule has 3 rings (SSSR count). The van der Waals surface area contributed by atoms with E-state index in [-0.39, 0.29) is 17.8 Å². The summed E-state index contributed by atoms with van der Waals surface area (Å²) >= 11 is 0. The number of benzene rings is 2. The van der Waals surface area contributed by atoms with Gasteiger partial charge in [0.25, 0.3) is 0 Å². The van der Waals surface area contributed by atoms with Crippen LogP contribution in [0.15, 0.2) is 48.5 Å². The van der Waals surface area contributed by atoms with Crippen LogP contribution in [0.25, 0.3) is 22.3 Å². The fourth-order valence-electron chi connectivity index (χ4n) is 3.68. The Morgan fingerprint density at radius 2 is 1.37 bits per heavy atom. The van der Waals surface area contributed by atoms with E-state index >= 15 is 0 Å². The van der Waals surface area contributed by atoms with E-state index in [0.29, 0.717) is 11.8 Å². The average Bonchev–Trinajstić information content (AvgIpc) is 2.65. The minimum Gasteiger partial charge on any atom is -1.00 e. The van der Waals surface area contributed by atoms with Crippen LogP contribution in [0.3, 0.4) is 0 Å². The molecule has 0 bridgehead atoms. The van der Waals surface area contributed by atoms with Gasteiger partial charge in [-0.2, -0.15) is 0 Å². The van der Waals surface area contributed by atoms with Gasteiger partial charge in [0.15, 0.2) is 5.82 Å². The largest absolute Gasteiger partial charge is 1.00 e. The summed E-state index contributed by atoms with van der Waals surface area (Å²) in [7, 11) is 0. The van der Waals surface area contributed by atoms with Crippen LogP contribution in [0, 0.1) is 11.8 Å². The molecule has 0 saturated carbocycles. The Kier molecular flexibility index (Phi) is 7.87. The molecule has 0 fully saturated rings. The van der Waals surface area contributed by atoms with Crippen molar-refractivity contribution in [1.82, 2.24) is 9.97 Å². The lowest BCUT2D eigenvalue weighted by molar-refractivity contribution is -0.00000688. The first-order chi connectivity index (χ1) is 13.6. The molecular weight excluding hydrogens is 390 g/mol. The number of aromatic nitrogens is 2. The second-order valence-corrected chi connectivity index (χ2v) is 9.91. The molecule has 0 aliphatic heterocycles. The highest BCUT2D eigenvalue weighted by molar-refractivity contribution is 5.91. The maximum Gasteiger partial charge on any atom is 0.162 e. The third-order valence-corrected chi connectivity index (χ3v) is 5.06. The number of halogens is 1. The number of rotatable bonds is 6. The van der Waals surface area contributed by atoms with Crippen molar-refractivity contribution in [3.8, 4) is 11.4 Å². The van der Waals surface area contributed by atoms with Gasteiger partial charge in [-0.3, -0.25) is 0 Å². The molecule has 30 heavy (non-hydrogen) atoms. The quantitative estimate of drug-likeness (QED) is 0.603. The summed E-state index contributed by atoms with van der Waals surface area (Å²) in [6.07, 6.45) is 0. The van der Waals surface area contributed by atoms with Crippen molar-refractivity contribution in [2.24, 2.45) is 11.8 Å². The maximum absolute atomic E-state index is 5.08. The van der Waals surface area contributed by atoms with Crippen molar-refractivity contribution in [2.75, 3.05) is 18.0 Å². The minimum atomic E-state index is 0. The molecule has 3 aromatic rings. The Morgan fingerprint density at radius 1 is 0.800 bits per heavy atom. The number of hydrogen-bond acceptors (Lipinski definition) is 3. The highest BCUT2D eigenvalue weighted by atomic mass is 35.5. The molecule has 0 amide bonds. The van der Waals surface area contributed by atoms with Crippen LogP contribution in [0.1, 0.15) is 54.0 Å². The van der Waals surface area contributed by atoms with E-state index < -0.39 is 0 Å². The zero-order valence-electron chi connectivity index (χ0n) is 19.4. The van der Waals surface area contributed by atoms with Crippen molar-refractivity contribution in [3.63, 3.8) is 0 Å². The van der Waals surface area contributed by atoms with E-state index in [2.05, 4.69) is 102 Å². The molecule has 4 heteroatoms. The third kappa shape index (κ3) is 5.72. The first-order valence-electron chi connectivity index (χ1n) is 10.8. The van der Waals surface area contributed by atoms with E-state index in [1.807, 2.05) is 0 Å². The zero-order valence-corrected chi connectivity index (χ0v) is 20.2. The summed E-state index contributed by atoms with van der Waals surface area (Å²) < 4.78 is 0. The van der Waals surface area contributed by atoms with Crippen molar-refractivity contribution in [3.05, 3.63) is 54.1 Å². The van der Waals surface area contributed by atoms with Gasteiger partial charge < -0.3 is 17.3 Å². The molecule has 162 valence electrons. The minimum absolute atomic E-state index is 0. The van der Waals surface area contributed by atoms with Gasteiger partial charge >= 0.3 is 0 Å². The monoisotopic (exact) mass is 424 g/mol. The maximum atomic E-state index is 5.08. The molecule has 0 spiro atoms. The first-order valence-corrected chi connectivity index (χ1v) is 10.8. The van der Waals surface area contributed by atoms with Gasteiger partial charge in [0.1, 0.15) is 5.82 Å². The smallest absolute Gasteiger partial charge is 0.162 e. The van der Waals surface area contributed by atoms with Crippen LogP contribution in [-0.2, 0) is 5.41 Å². The summed E-state index contributed by atoms with van der Waals surface area (Å²) in [6.45, 7) is 17.8. The van der Waals surface area contributed by atoms with Gasteiger partial charge in [-0.25, -0.2) is 9.97 Å². The highest BCUT2D eigenvalue weighted by Gasteiger charge is 2.18. The Balaban J connectivity index is 0.00000320. The topological polar surface area (TPSA) is 29.0 Å². The van der Waals surface area contributed by atoms with Gasteiger partial charge in [0, 0.05) is 24.0 Å². The van der Waals surface area contributed by atoms with E-state index in [4.69, 9.17) is 9.97 Å². The van der Waals surface area contributed by atoms with Crippen molar-refractivity contribution in [2.45, 2.75) is 53.9 Å². The van der Waals surface area contributed by atoms with Gasteiger partial charge in [-0.15, -0.1) is 0 Å². The van der Waals surface area contributed by atoms with Crippen LogP contribution >= 0.6 is 0 Å². The number of nitrogens with zero attached hydrogens (tertiary/aromatic N) is 3. The predicted molar refractivity (Wildman–Crippen MR) is 126 cm³/mol. The number of para-hydroxylation sites is 1. The second kappa shape index (κ2) is 9.78. The number of fused-ring (bicyclic) bond motifs is 1. The van der Waals surface area contributed by atoms with Gasteiger partial charge in [0.2, 0.25) is 0 Å². The molecule has 0 saturated heterocycles. The van der Waals surface area contributed by atoms with Crippen LogP contribution in [0.5, 0.6) is 0 Å². The lowest BCUT2D eigenvalue weighted by Gasteiger charge is -2.28. The average molecular weight is 425 g/mol. The van der Waals surface area contributed by atoms with Crippen LogP contribution in [0.4, 0.5) is 5.82 Å². The summed E-state index contributed by atoms with van der Waals surface area (Å²) in [5, 5.41) is 1.13. The van der Waals surface area contributed by atoms with Crippen LogP contribution in [-0.4, -0.2) is 23.1 Å². The summed E-state index contributed by atoms with van der Waals surface area (Å²) in [5.74, 6) is 2.98. The Labute approximate surface area is 188 Å². The molecule has 1 heterocycles. The Hall–Kier alpha value is -2.13. The van der Waals surface area contributed by atoms with Gasteiger partial charge in [0.05, 0.1) is 5.52 Å². The fourth-order valence-corrected chi connectivity index (χ4v) is 3.68. The molecule has 0 atom stereocenters. The standard InChI is InChI=1S/C26H35N3.ClH/c1-18(2)16-29(17-19(3)4)25-22-10-8-9-11-23(22)27-24(28-25)20-12-14-21(15-13-20)26(5,6)7;/h8-15,18-19H,16-17H2,1-7H3;1H/p-1. The van der Waals surface area contributed by atoms with Gasteiger partial charge in [-0.05, 0) is 34.9 Å². The van der Waals surface area contributed by atoms with Crippen LogP contribution in [0.2, 0.25) is 0 Å². The van der Waals surface area contributed by atoms with E-state index in [9.17, 15) is 0 Å². The van der Waals surface area contributed by atoms with E-state index in [0.717, 1.165) is 41.2 Å². The summed E-state index contributed by atoms with van der Waals surface area (Å²) in [5.41, 5.74) is 3.53. The molecule has 0 aliphatic rings. The molecule has 0 unspecified atom stereocenters. The van der Waals surface area contributed by atoms with Crippen molar-refractivity contribution in [1.29, 1.82) is 0 Å². The second-order valence-electron chi connectivity index (χ2n) is 9.91. The Morgan fingerprint density at radius 3 is 1.90 bits per heavy atom. The molecule has 2 aromatic carbocycles. The van der Waals surface area contributed by atoms with Gasteiger partial charge in [-0.1, -0.05) is 84.9 Å². The highest BCUT2D eigenvalue weighted by Crippen LogP contribution is 2.30. The normalized spacial score (nSPS) is 11.8. The SMILES string of the molecule is CC(C)CN(CC(C)C)c1nc(-c2ccc(C(C)(C)C)cc2)nc2ccccc12.[Cl-]. The summed E-state index contributed by atoms with van der Waals surface area (Å²) in [4.78, 5) is 12.4. The summed E-state index contributed by atoms with van der Waals surface area (Å²) in [6, 6.07) is 17.1. The van der Waals surface area contributed by atoms with Crippen molar-refractivity contribution >= 4 is 16.7 Å². The molecular formula is C26H35ClN3-. The predicted octanol–water partition coefficient (Wildman–Crippen LogP) is 3.72. The van der Waals surface area contributed by atoms with E-state index in [1.165, 1.54) is 5.56 Å². The zero-order chi connectivity index (χ0) is 21.2. The van der Waals surface area contributed by atoms with Crippen molar-refractivity contribution < 1.29 is 12.4 Å². The van der Waals surface area contributed by atoms with Crippen LogP contribution < -0.4 is 17.3 Å².